The van der Waals surface area contributed by atoms with E-state index in [0.29, 0.717) is 18.5 Å². The van der Waals surface area contributed by atoms with E-state index in [-0.39, 0.29) is 6.54 Å². The van der Waals surface area contributed by atoms with Gasteiger partial charge >= 0.3 is 0 Å². The summed E-state index contributed by atoms with van der Waals surface area (Å²) in [6, 6.07) is 11.2. The number of rotatable bonds is 7. The average Bonchev–Trinajstić information content (AvgIpc) is 3.03. The van der Waals surface area contributed by atoms with Gasteiger partial charge < -0.3 is 0 Å². The summed E-state index contributed by atoms with van der Waals surface area (Å²) in [5.74, 6) is 1.43. The van der Waals surface area contributed by atoms with Crippen LogP contribution in [0.2, 0.25) is 0 Å². The van der Waals surface area contributed by atoms with Gasteiger partial charge in [0.05, 0.1) is 13.1 Å². The second-order valence-electron chi connectivity index (χ2n) is 7.06. The highest BCUT2D eigenvalue weighted by molar-refractivity contribution is 5.14. The van der Waals surface area contributed by atoms with Gasteiger partial charge in [-0.1, -0.05) is 37.3 Å². The first-order valence-electron chi connectivity index (χ1n) is 9.06. The van der Waals surface area contributed by atoms with Crippen LogP contribution in [-0.4, -0.2) is 57.4 Å². The highest BCUT2D eigenvalue weighted by atomic mass is 19.1. The molecule has 1 aromatic carbocycles. The van der Waals surface area contributed by atoms with Crippen LogP contribution >= 0.6 is 0 Å². The molecule has 0 spiro atoms. The Morgan fingerprint density at radius 3 is 2.80 bits per heavy atom. The predicted molar refractivity (Wildman–Crippen MR) is 96.8 cm³/mol. The summed E-state index contributed by atoms with van der Waals surface area (Å²) in [7, 11) is 2.14. The molecule has 1 aromatic heterocycles. The van der Waals surface area contributed by atoms with Gasteiger partial charge in [-0.05, 0) is 31.5 Å². The van der Waals surface area contributed by atoms with Gasteiger partial charge in [-0.2, -0.15) is 5.10 Å². The van der Waals surface area contributed by atoms with E-state index < -0.39 is 6.67 Å². The van der Waals surface area contributed by atoms with Crippen molar-refractivity contribution in [3.8, 4) is 0 Å². The van der Waals surface area contributed by atoms with Crippen LogP contribution in [0.3, 0.4) is 0 Å². The van der Waals surface area contributed by atoms with E-state index in [1.54, 1.807) is 4.68 Å². The summed E-state index contributed by atoms with van der Waals surface area (Å²) in [6.45, 7) is 6.14. The standard InChI is InChI=1S/C19H28FN5/c1-16-12-24(13-17-6-4-3-5-7-17)10-8-18(16)23(2)14-19-21-15-22-25(19)11-9-20/h3-7,15-16,18H,8-14H2,1-2H3/t16-,18+/m0/s1. The first kappa shape index (κ1) is 18.0. The maximum absolute atomic E-state index is 12.6. The normalized spacial score (nSPS) is 21.8. The Bertz CT molecular complexity index is 644. The zero-order chi connectivity index (χ0) is 17.6. The van der Waals surface area contributed by atoms with Gasteiger partial charge in [-0.15, -0.1) is 0 Å². The number of halogens is 1. The molecule has 2 atom stereocenters. The van der Waals surface area contributed by atoms with Crippen LogP contribution in [0.15, 0.2) is 36.7 Å². The summed E-state index contributed by atoms with van der Waals surface area (Å²) in [6.07, 6.45) is 2.66. The molecule has 6 heteroatoms. The maximum Gasteiger partial charge on any atom is 0.141 e. The van der Waals surface area contributed by atoms with Crippen molar-refractivity contribution in [1.82, 2.24) is 24.6 Å². The van der Waals surface area contributed by atoms with E-state index in [4.69, 9.17) is 0 Å². The third-order valence-electron chi connectivity index (χ3n) is 5.14. The zero-order valence-corrected chi connectivity index (χ0v) is 15.2. The molecule has 0 N–H and O–H groups in total. The van der Waals surface area contributed by atoms with Gasteiger partial charge in [-0.3, -0.25) is 9.80 Å². The molecule has 136 valence electrons. The Balaban J connectivity index is 1.54. The Hall–Kier alpha value is -1.79. The Morgan fingerprint density at radius 1 is 1.28 bits per heavy atom. The number of hydrogen-bond donors (Lipinski definition) is 0. The van der Waals surface area contributed by atoms with Crippen LogP contribution in [-0.2, 0) is 19.6 Å². The van der Waals surface area contributed by atoms with Crippen molar-refractivity contribution < 1.29 is 4.39 Å². The van der Waals surface area contributed by atoms with Gasteiger partial charge in [0.25, 0.3) is 0 Å². The second-order valence-corrected chi connectivity index (χ2v) is 7.06. The number of hydrogen-bond acceptors (Lipinski definition) is 4. The number of benzene rings is 1. The lowest BCUT2D eigenvalue weighted by atomic mass is 9.92. The molecule has 2 heterocycles. The lowest BCUT2D eigenvalue weighted by Crippen LogP contribution is -2.48. The Kier molecular flexibility index (Phi) is 6.15. The number of piperidine rings is 1. The molecule has 0 bridgehead atoms. The van der Waals surface area contributed by atoms with Crippen molar-refractivity contribution in [2.45, 2.75) is 39.0 Å². The first-order chi connectivity index (χ1) is 12.2. The van der Waals surface area contributed by atoms with Crippen molar-refractivity contribution in [2.75, 3.05) is 26.8 Å². The number of nitrogens with zero attached hydrogens (tertiary/aromatic N) is 5. The molecule has 25 heavy (non-hydrogen) atoms. The smallest absolute Gasteiger partial charge is 0.141 e. The van der Waals surface area contributed by atoms with Crippen LogP contribution in [0.4, 0.5) is 4.39 Å². The van der Waals surface area contributed by atoms with Gasteiger partial charge in [0.2, 0.25) is 0 Å². The summed E-state index contributed by atoms with van der Waals surface area (Å²) >= 11 is 0. The molecular weight excluding hydrogens is 317 g/mol. The fourth-order valence-electron chi connectivity index (χ4n) is 3.88. The molecule has 1 aliphatic rings. The van der Waals surface area contributed by atoms with Crippen molar-refractivity contribution in [3.63, 3.8) is 0 Å². The Labute approximate surface area is 149 Å². The highest BCUT2D eigenvalue weighted by Crippen LogP contribution is 2.23. The van der Waals surface area contributed by atoms with E-state index in [0.717, 1.165) is 31.9 Å². The van der Waals surface area contributed by atoms with Gasteiger partial charge in [0, 0.05) is 19.1 Å². The first-order valence-corrected chi connectivity index (χ1v) is 9.06. The van der Waals surface area contributed by atoms with Crippen molar-refractivity contribution in [2.24, 2.45) is 5.92 Å². The second kappa shape index (κ2) is 8.54. The minimum absolute atomic E-state index is 0.286. The van der Waals surface area contributed by atoms with E-state index in [1.807, 2.05) is 0 Å². The number of alkyl halides is 1. The summed E-state index contributed by atoms with van der Waals surface area (Å²) in [5.41, 5.74) is 1.38. The molecular formula is C19H28FN5. The van der Waals surface area contributed by atoms with E-state index in [1.165, 1.54) is 11.9 Å². The number of aromatic nitrogens is 3. The summed E-state index contributed by atoms with van der Waals surface area (Å²) < 4.78 is 14.3. The lowest BCUT2D eigenvalue weighted by Gasteiger charge is -2.41. The molecule has 0 radical (unpaired) electrons. The molecule has 0 saturated carbocycles. The van der Waals surface area contributed by atoms with Crippen molar-refractivity contribution in [1.29, 1.82) is 0 Å². The fraction of sp³-hybridized carbons (Fsp3) is 0.579. The van der Waals surface area contributed by atoms with E-state index in [9.17, 15) is 4.39 Å². The van der Waals surface area contributed by atoms with E-state index in [2.05, 4.69) is 64.2 Å². The molecule has 2 aromatic rings. The molecule has 0 unspecified atom stereocenters. The number of aryl methyl sites for hydroxylation is 1. The molecule has 0 aliphatic carbocycles. The monoisotopic (exact) mass is 345 g/mol. The SMILES string of the molecule is C[C@H]1CN(Cc2ccccc2)CC[C@H]1N(C)Cc1ncnn1CCF. The minimum atomic E-state index is -0.408. The van der Waals surface area contributed by atoms with Crippen molar-refractivity contribution in [3.05, 3.63) is 48.0 Å². The third kappa shape index (κ3) is 4.64. The topological polar surface area (TPSA) is 37.2 Å². The van der Waals surface area contributed by atoms with Crippen LogP contribution in [0, 0.1) is 5.92 Å². The summed E-state index contributed by atoms with van der Waals surface area (Å²) in [4.78, 5) is 9.19. The molecule has 1 fully saturated rings. The fourth-order valence-corrected chi connectivity index (χ4v) is 3.88. The molecule has 1 aliphatic heterocycles. The predicted octanol–water partition coefficient (Wildman–Crippen LogP) is 2.59. The molecule has 5 nitrogen and oxygen atoms in total. The van der Waals surface area contributed by atoms with Crippen LogP contribution in [0.25, 0.3) is 0 Å². The van der Waals surface area contributed by atoms with Gasteiger partial charge in [0.1, 0.15) is 18.8 Å². The zero-order valence-electron chi connectivity index (χ0n) is 15.2. The molecule has 0 amide bonds. The minimum Gasteiger partial charge on any atom is -0.299 e. The number of likely N-dealkylation sites (tertiary alicyclic amines) is 1. The van der Waals surface area contributed by atoms with E-state index >= 15 is 0 Å². The summed E-state index contributed by atoms with van der Waals surface area (Å²) in [5, 5.41) is 4.11. The Morgan fingerprint density at radius 2 is 2.08 bits per heavy atom. The quantitative estimate of drug-likeness (QED) is 0.773. The average molecular weight is 345 g/mol. The highest BCUT2D eigenvalue weighted by Gasteiger charge is 2.29. The third-order valence-corrected chi connectivity index (χ3v) is 5.14. The lowest BCUT2D eigenvalue weighted by molar-refractivity contribution is 0.0697. The molecule has 3 rings (SSSR count). The van der Waals surface area contributed by atoms with Gasteiger partial charge in [0.15, 0.2) is 0 Å². The van der Waals surface area contributed by atoms with Crippen LogP contribution < -0.4 is 0 Å². The van der Waals surface area contributed by atoms with Crippen molar-refractivity contribution >= 4 is 0 Å². The van der Waals surface area contributed by atoms with Crippen LogP contribution in [0.5, 0.6) is 0 Å². The molecule has 1 saturated heterocycles. The van der Waals surface area contributed by atoms with Crippen LogP contribution in [0.1, 0.15) is 24.7 Å². The largest absolute Gasteiger partial charge is 0.299 e. The maximum atomic E-state index is 12.6. The van der Waals surface area contributed by atoms with Gasteiger partial charge in [-0.25, -0.2) is 14.1 Å².